The van der Waals surface area contributed by atoms with Crippen LogP contribution in [0.25, 0.3) is 0 Å². The van der Waals surface area contributed by atoms with E-state index in [1.807, 2.05) is 42.5 Å². The maximum atomic E-state index is 12.4. The standard InChI is InChI=1S/C16H18N2O2S/c1-17-16(15(19)20-2,13-6-4-3-5-7-13)12-21-14-8-10-18-11-9-14/h3-11,17H,12H2,1-2H3. The van der Waals surface area contributed by atoms with Gasteiger partial charge in [-0.3, -0.25) is 4.98 Å². The van der Waals surface area contributed by atoms with Gasteiger partial charge in [0.2, 0.25) is 0 Å². The molecular weight excluding hydrogens is 284 g/mol. The number of hydrogen-bond donors (Lipinski definition) is 1. The normalized spacial score (nSPS) is 13.4. The summed E-state index contributed by atoms with van der Waals surface area (Å²) >= 11 is 1.59. The van der Waals surface area contributed by atoms with Crippen molar-refractivity contribution in [2.75, 3.05) is 19.9 Å². The van der Waals surface area contributed by atoms with Crippen molar-refractivity contribution in [3.05, 3.63) is 60.4 Å². The quantitative estimate of drug-likeness (QED) is 0.656. The number of ether oxygens (including phenoxy) is 1. The van der Waals surface area contributed by atoms with Crippen LogP contribution in [0.5, 0.6) is 0 Å². The lowest BCUT2D eigenvalue weighted by Crippen LogP contribution is -2.50. The van der Waals surface area contributed by atoms with Crippen LogP contribution in [0.15, 0.2) is 59.8 Å². The molecule has 0 aliphatic carbocycles. The number of carbonyl (C=O) groups is 1. The van der Waals surface area contributed by atoms with Crippen LogP contribution in [0.2, 0.25) is 0 Å². The molecule has 2 rings (SSSR count). The lowest BCUT2D eigenvalue weighted by molar-refractivity contribution is -0.147. The molecule has 1 heterocycles. The first-order valence-electron chi connectivity index (χ1n) is 6.58. The number of aromatic nitrogens is 1. The molecule has 0 aliphatic heterocycles. The number of carbonyl (C=O) groups excluding carboxylic acids is 1. The Morgan fingerprint density at radius 3 is 2.48 bits per heavy atom. The molecule has 5 heteroatoms. The number of esters is 1. The molecule has 0 spiro atoms. The van der Waals surface area contributed by atoms with E-state index in [2.05, 4.69) is 10.3 Å². The van der Waals surface area contributed by atoms with Gasteiger partial charge in [0.25, 0.3) is 0 Å². The number of nitrogens with one attached hydrogen (secondary N) is 1. The molecule has 1 N–H and O–H groups in total. The molecular formula is C16H18N2O2S. The Labute approximate surface area is 128 Å². The van der Waals surface area contributed by atoms with Gasteiger partial charge in [0, 0.05) is 23.0 Å². The van der Waals surface area contributed by atoms with Crippen molar-refractivity contribution in [2.45, 2.75) is 10.4 Å². The molecule has 1 unspecified atom stereocenters. The van der Waals surface area contributed by atoms with E-state index >= 15 is 0 Å². The third kappa shape index (κ3) is 3.43. The second-order valence-corrected chi connectivity index (χ2v) is 5.53. The summed E-state index contributed by atoms with van der Waals surface area (Å²) in [5.74, 6) is 0.238. The molecule has 0 aliphatic rings. The Hall–Kier alpha value is -1.85. The first-order chi connectivity index (χ1) is 10.2. The fraction of sp³-hybridized carbons (Fsp3) is 0.250. The van der Waals surface area contributed by atoms with Crippen LogP contribution < -0.4 is 5.32 Å². The number of thioether (sulfide) groups is 1. The van der Waals surface area contributed by atoms with Crippen LogP contribution >= 0.6 is 11.8 Å². The predicted octanol–water partition coefficient (Wildman–Crippen LogP) is 2.46. The van der Waals surface area contributed by atoms with Crippen molar-refractivity contribution in [1.82, 2.24) is 10.3 Å². The highest BCUT2D eigenvalue weighted by Gasteiger charge is 2.40. The molecule has 110 valence electrons. The zero-order chi connectivity index (χ0) is 15.1. The molecule has 0 amide bonds. The van der Waals surface area contributed by atoms with Crippen LogP contribution in [0.1, 0.15) is 5.56 Å². The average molecular weight is 302 g/mol. The van der Waals surface area contributed by atoms with E-state index in [-0.39, 0.29) is 5.97 Å². The summed E-state index contributed by atoms with van der Waals surface area (Å²) < 4.78 is 5.02. The first-order valence-corrected chi connectivity index (χ1v) is 7.57. The highest BCUT2D eigenvalue weighted by Crippen LogP contribution is 2.30. The van der Waals surface area contributed by atoms with Crippen molar-refractivity contribution >= 4 is 17.7 Å². The minimum absolute atomic E-state index is 0.294. The Morgan fingerprint density at radius 1 is 1.24 bits per heavy atom. The summed E-state index contributed by atoms with van der Waals surface area (Å²) in [4.78, 5) is 17.4. The van der Waals surface area contributed by atoms with Gasteiger partial charge in [-0.15, -0.1) is 11.8 Å². The van der Waals surface area contributed by atoms with E-state index in [1.165, 1.54) is 7.11 Å². The zero-order valence-corrected chi connectivity index (χ0v) is 12.9. The number of nitrogens with zero attached hydrogens (tertiary/aromatic N) is 1. The number of rotatable bonds is 6. The topological polar surface area (TPSA) is 51.2 Å². The molecule has 0 saturated carbocycles. The molecule has 1 atom stereocenters. The molecule has 0 saturated heterocycles. The van der Waals surface area contributed by atoms with E-state index in [0.717, 1.165) is 10.5 Å². The SMILES string of the molecule is CNC(CSc1ccncc1)(C(=O)OC)c1ccccc1. The third-order valence-electron chi connectivity index (χ3n) is 3.33. The van der Waals surface area contributed by atoms with E-state index in [0.29, 0.717) is 5.75 Å². The van der Waals surface area contributed by atoms with Gasteiger partial charge in [-0.05, 0) is 24.7 Å². The highest BCUT2D eigenvalue weighted by atomic mass is 32.2. The Kier molecular flexibility index (Phi) is 5.36. The Balaban J connectivity index is 2.30. The molecule has 0 radical (unpaired) electrons. The fourth-order valence-corrected chi connectivity index (χ4v) is 3.23. The van der Waals surface area contributed by atoms with E-state index < -0.39 is 5.54 Å². The van der Waals surface area contributed by atoms with Gasteiger partial charge in [-0.25, -0.2) is 4.79 Å². The number of methoxy groups -OCH3 is 1. The van der Waals surface area contributed by atoms with Gasteiger partial charge >= 0.3 is 5.97 Å². The largest absolute Gasteiger partial charge is 0.467 e. The second-order valence-electron chi connectivity index (χ2n) is 4.48. The summed E-state index contributed by atoms with van der Waals surface area (Å²) in [5, 5.41) is 3.14. The smallest absolute Gasteiger partial charge is 0.331 e. The molecule has 1 aromatic heterocycles. The van der Waals surface area contributed by atoms with Crippen molar-refractivity contribution in [3.8, 4) is 0 Å². The summed E-state index contributed by atoms with van der Waals surface area (Å²) in [6, 6.07) is 13.5. The Bertz CT molecular complexity index is 577. The number of benzene rings is 1. The minimum atomic E-state index is -0.871. The van der Waals surface area contributed by atoms with Crippen LogP contribution in [0.4, 0.5) is 0 Å². The van der Waals surface area contributed by atoms with Gasteiger partial charge in [0.15, 0.2) is 5.54 Å². The minimum Gasteiger partial charge on any atom is -0.467 e. The summed E-state index contributed by atoms with van der Waals surface area (Å²) in [7, 11) is 3.19. The number of pyridine rings is 1. The molecule has 21 heavy (non-hydrogen) atoms. The zero-order valence-electron chi connectivity index (χ0n) is 12.1. The molecule has 0 fully saturated rings. The van der Waals surface area contributed by atoms with Gasteiger partial charge in [-0.1, -0.05) is 30.3 Å². The van der Waals surface area contributed by atoms with E-state index in [4.69, 9.17) is 4.74 Å². The summed E-state index contributed by atoms with van der Waals surface area (Å²) in [6.07, 6.45) is 3.48. The Morgan fingerprint density at radius 2 is 1.90 bits per heavy atom. The fourth-order valence-electron chi connectivity index (χ4n) is 2.10. The average Bonchev–Trinajstić information content (AvgIpc) is 2.57. The maximum Gasteiger partial charge on any atom is 0.331 e. The van der Waals surface area contributed by atoms with Crippen molar-refractivity contribution in [1.29, 1.82) is 0 Å². The van der Waals surface area contributed by atoms with E-state index in [9.17, 15) is 4.79 Å². The van der Waals surface area contributed by atoms with Crippen LogP contribution in [-0.2, 0) is 15.1 Å². The van der Waals surface area contributed by atoms with Gasteiger partial charge in [0.1, 0.15) is 0 Å². The van der Waals surface area contributed by atoms with Crippen LogP contribution in [0, 0.1) is 0 Å². The summed E-state index contributed by atoms with van der Waals surface area (Å²) in [6.45, 7) is 0. The van der Waals surface area contributed by atoms with Gasteiger partial charge < -0.3 is 10.1 Å². The molecule has 4 nitrogen and oxygen atoms in total. The molecule has 2 aromatic rings. The van der Waals surface area contributed by atoms with Crippen molar-refractivity contribution in [2.24, 2.45) is 0 Å². The number of likely N-dealkylation sites (N-methyl/N-ethyl adjacent to an activating group) is 1. The third-order valence-corrected chi connectivity index (χ3v) is 4.52. The lowest BCUT2D eigenvalue weighted by Gasteiger charge is -2.30. The second kappa shape index (κ2) is 7.24. The molecule has 0 bridgehead atoms. The van der Waals surface area contributed by atoms with E-state index in [1.54, 1.807) is 31.2 Å². The van der Waals surface area contributed by atoms with Gasteiger partial charge in [-0.2, -0.15) is 0 Å². The monoisotopic (exact) mass is 302 g/mol. The van der Waals surface area contributed by atoms with Crippen LogP contribution in [-0.4, -0.2) is 30.9 Å². The molecule has 1 aromatic carbocycles. The lowest BCUT2D eigenvalue weighted by atomic mass is 9.92. The summed E-state index contributed by atoms with van der Waals surface area (Å²) in [5.41, 5.74) is 0.0186. The van der Waals surface area contributed by atoms with Crippen molar-refractivity contribution in [3.63, 3.8) is 0 Å². The van der Waals surface area contributed by atoms with Crippen LogP contribution in [0.3, 0.4) is 0 Å². The first kappa shape index (κ1) is 15.5. The van der Waals surface area contributed by atoms with Gasteiger partial charge in [0.05, 0.1) is 7.11 Å². The van der Waals surface area contributed by atoms with Crippen molar-refractivity contribution < 1.29 is 9.53 Å². The highest BCUT2D eigenvalue weighted by molar-refractivity contribution is 7.99. The predicted molar refractivity (Wildman–Crippen MR) is 84.2 cm³/mol. The number of hydrogen-bond acceptors (Lipinski definition) is 5. The maximum absolute atomic E-state index is 12.4.